The van der Waals surface area contributed by atoms with Crippen LogP contribution in [0.4, 0.5) is 0 Å². The predicted octanol–water partition coefficient (Wildman–Crippen LogP) is 2.09. The first kappa shape index (κ1) is 18.9. The molecule has 0 radical (unpaired) electrons. The summed E-state index contributed by atoms with van der Waals surface area (Å²) in [7, 11) is 0. The molecule has 1 aromatic carbocycles. The summed E-state index contributed by atoms with van der Waals surface area (Å²) in [5.41, 5.74) is 3.44. The molecule has 1 aliphatic heterocycles. The summed E-state index contributed by atoms with van der Waals surface area (Å²) in [6.45, 7) is 7.54. The molecule has 2 atom stereocenters. The van der Waals surface area contributed by atoms with Crippen LogP contribution < -0.4 is 10.6 Å². The van der Waals surface area contributed by atoms with E-state index >= 15 is 0 Å². The number of halogens is 1. The Morgan fingerprint density at radius 2 is 2.04 bits per heavy atom. The number of β-amino-alcohol motifs (C(OH)–C–C–N with tert-alkyl or cyclic N) is 1. The van der Waals surface area contributed by atoms with Crippen molar-refractivity contribution < 1.29 is 5.11 Å². The van der Waals surface area contributed by atoms with Gasteiger partial charge in [0.1, 0.15) is 0 Å². The second-order valence-electron chi connectivity index (χ2n) is 6.59. The van der Waals surface area contributed by atoms with Gasteiger partial charge in [-0.05, 0) is 18.1 Å². The Balaban J connectivity index is 0.00000208. The first-order chi connectivity index (χ1) is 11.1. The zero-order valence-corrected chi connectivity index (χ0v) is 15.1. The average Bonchev–Trinajstić information content (AvgIpc) is 3.15. The number of hydrogen-bond acceptors (Lipinski definition) is 4. The second-order valence-corrected chi connectivity index (χ2v) is 6.59. The highest BCUT2D eigenvalue weighted by Gasteiger charge is 2.24. The lowest BCUT2D eigenvalue weighted by Crippen LogP contribution is -2.30. The molecule has 0 amide bonds. The predicted molar refractivity (Wildman–Crippen MR) is 99.0 cm³/mol. The van der Waals surface area contributed by atoms with E-state index in [4.69, 9.17) is 5.10 Å². The number of nitrogens with zero attached hydrogens (tertiary/aromatic N) is 2. The molecule has 2 unspecified atom stereocenters. The van der Waals surface area contributed by atoms with E-state index in [1.807, 2.05) is 22.9 Å². The maximum absolute atomic E-state index is 9.86. The van der Waals surface area contributed by atoms with E-state index in [0.717, 1.165) is 31.0 Å². The van der Waals surface area contributed by atoms with Gasteiger partial charge < -0.3 is 15.7 Å². The third-order valence-corrected chi connectivity index (χ3v) is 4.42. The summed E-state index contributed by atoms with van der Waals surface area (Å²) in [5, 5.41) is 21.3. The topological polar surface area (TPSA) is 62.1 Å². The summed E-state index contributed by atoms with van der Waals surface area (Å²) in [6.07, 6.45) is 1.88. The highest BCUT2D eigenvalue weighted by molar-refractivity contribution is 5.85. The maximum Gasteiger partial charge on any atom is 0.0716 e. The Labute approximate surface area is 149 Å². The van der Waals surface area contributed by atoms with Crippen LogP contribution in [0.5, 0.6) is 0 Å². The number of para-hydroxylation sites is 1. The van der Waals surface area contributed by atoms with Gasteiger partial charge in [-0.3, -0.25) is 0 Å². The normalized spacial score (nSPS) is 20.3. The lowest BCUT2D eigenvalue weighted by molar-refractivity contribution is 0.146. The van der Waals surface area contributed by atoms with Crippen molar-refractivity contribution in [2.24, 2.45) is 5.92 Å². The van der Waals surface area contributed by atoms with Crippen molar-refractivity contribution in [1.82, 2.24) is 20.4 Å². The minimum absolute atomic E-state index is 0. The van der Waals surface area contributed by atoms with Gasteiger partial charge in [-0.15, -0.1) is 12.4 Å². The van der Waals surface area contributed by atoms with Gasteiger partial charge in [-0.2, -0.15) is 5.10 Å². The van der Waals surface area contributed by atoms with E-state index < -0.39 is 0 Å². The summed E-state index contributed by atoms with van der Waals surface area (Å²) < 4.78 is 1.96. The van der Waals surface area contributed by atoms with Gasteiger partial charge in [0.15, 0.2) is 0 Å². The lowest BCUT2D eigenvalue weighted by Gasteiger charge is -2.14. The first-order valence-corrected chi connectivity index (χ1v) is 8.38. The van der Waals surface area contributed by atoms with Gasteiger partial charge in [0.2, 0.25) is 0 Å². The molecule has 1 aromatic heterocycles. The van der Waals surface area contributed by atoms with Gasteiger partial charge in [-0.25, -0.2) is 4.68 Å². The van der Waals surface area contributed by atoms with Gasteiger partial charge >= 0.3 is 0 Å². The SMILES string of the molecule is CC(C)c1nn(-c2ccccc2)cc1CNCC1CNCC1O.Cl. The van der Waals surface area contributed by atoms with Gasteiger partial charge in [0.05, 0.1) is 17.5 Å². The monoisotopic (exact) mass is 350 g/mol. The van der Waals surface area contributed by atoms with Crippen LogP contribution in [0.3, 0.4) is 0 Å². The molecular weight excluding hydrogens is 324 g/mol. The third kappa shape index (κ3) is 4.36. The van der Waals surface area contributed by atoms with E-state index in [9.17, 15) is 5.11 Å². The van der Waals surface area contributed by atoms with Crippen LogP contribution in [0, 0.1) is 5.92 Å². The Kier molecular flexibility index (Phi) is 6.80. The van der Waals surface area contributed by atoms with Crippen molar-refractivity contribution in [2.45, 2.75) is 32.4 Å². The molecule has 0 saturated carbocycles. The number of hydrogen-bond donors (Lipinski definition) is 3. The van der Waals surface area contributed by atoms with E-state index in [1.165, 1.54) is 5.56 Å². The standard InChI is InChI=1S/C18H26N4O.ClH/c1-13(2)18-15(10-19-8-14-9-20-11-17(14)23)12-22(21-18)16-6-4-3-5-7-16;/h3-7,12-14,17,19-20,23H,8-11H2,1-2H3;1H. The summed E-state index contributed by atoms with van der Waals surface area (Å²) in [6, 6.07) is 10.2. The Hall–Kier alpha value is -1.40. The van der Waals surface area contributed by atoms with Gasteiger partial charge in [0, 0.05) is 43.9 Å². The van der Waals surface area contributed by atoms with Crippen molar-refractivity contribution >= 4 is 12.4 Å². The molecule has 24 heavy (non-hydrogen) atoms. The minimum atomic E-state index is -0.237. The zero-order valence-electron chi connectivity index (χ0n) is 14.3. The average molecular weight is 351 g/mol. The molecule has 3 rings (SSSR count). The molecule has 2 aromatic rings. The number of rotatable bonds is 6. The molecule has 132 valence electrons. The van der Waals surface area contributed by atoms with Crippen LogP contribution in [0.15, 0.2) is 36.5 Å². The quantitative estimate of drug-likeness (QED) is 0.746. The van der Waals surface area contributed by atoms with E-state index in [0.29, 0.717) is 18.4 Å². The lowest BCUT2D eigenvalue weighted by atomic mass is 10.0. The number of aliphatic hydroxyl groups excluding tert-OH is 1. The maximum atomic E-state index is 9.86. The molecule has 0 aliphatic carbocycles. The number of benzene rings is 1. The highest BCUT2D eigenvalue weighted by Crippen LogP contribution is 2.20. The fourth-order valence-electron chi connectivity index (χ4n) is 3.08. The molecule has 6 heteroatoms. The number of aliphatic hydroxyl groups is 1. The zero-order chi connectivity index (χ0) is 16.2. The van der Waals surface area contributed by atoms with Crippen LogP contribution in [-0.4, -0.2) is 40.6 Å². The molecule has 0 spiro atoms. The molecule has 1 fully saturated rings. The Morgan fingerprint density at radius 1 is 1.29 bits per heavy atom. The highest BCUT2D eigenvalue weighted by atomic mass is 35.5. The van der Waals surface area contributed by atoms with Crippen molar-refractivity contribution in [1.29, 1.82) is 0 Å². The van der Waals surface area contributed by atoms with Crippen LogP contribution in [-0.2, 0) is 6.54 Å². The van der Waals surface area contributed by atoms with E-state index in [1.54, 1.807) is 0 Å². The summed E-state index contributed by atoms with van der Waals surface area (Å²) in [5.74, 6) is 0.678. The summed E-state index contributed by atoms with van der Waals surface area (Å²) >= 11 is 0. The van der Waals surface area contributed by atoms with Crippen LogP contribution in [0.1, 0.15) is 31.0 Å². The van der Waals surface area contributed by atoms with Gasteiger partial charge in [-0.1, -0.05) is 32.0 Å². The van der Waals surface area contributed by atoms with Gasteiger partial charge in [0.25, 0.3) is 0 Å². The van der Waals surface area contributed by atoms with Crippen molar-refractivity contribution in [3.05, 3.63) is 47.8 Å². The Bertz CT molecular complexity index is 629. The molecular formula is C18H27ClN4O. The molecule has 1 saturated heterocycles. The fraction of sp³-hybridized carbons (Fsp3) is 0.500. The first-order valence-electron chi connectivity index (χ1n) is 8.38. The molecule has 3 N–H and O–H groups in total. The van der Waals surface area contributed by atoms with E-state index in [-0.39, 0.29) is 18.5 Å². The smallest absolute Gasteiger partial charge is 0.0716 e. The largest absolute Gasteiger partial charge is 0.391 e. The molecule has 0 bridgehead atoms. The third-order valence-electron chi connectivity index (χ3n) is 4.42. The number of nitrogens with one attached hydrogen (secondary N) is 2. The van der Waals surface area contributed by atoms with Crippen LogP contribution in [0.25, 0.3) is 5.69 Å². The molecule has 5 nitrogen and oxygen atoms in total. The number of aromatic nitrogens is 2. The van der Waals surface area contributed by atoms with Crippen LogP contribution in [0.2, 0.25) is 0 Å². The van der Waals surface area contributed by atoms with Crippen molar-refractivity contribution in [3.63, 3.8) is 0 Å². The fourth-order valence-corrected chi connectivity index (χ4v) is 3.08. The second kappa shape index (κ2) is 8.62. The van der Waals surface area contributed by atoms with Crippen LogP contribution >= 0.6 is 12.4 Å². The van der Waals surface area contributed by atoms with Crippen molar-refractivity contribution in [3.8, 4) is 5.69 Å². The molecule has 1 aliphatic rings. The summed E-state index contributed by atoms with van der Waals surface area (Å²) in [4.78, 5) is 0. The van der Waals surface area contributed by atoms with Crippen molar-refractivity contribution in [2.75, 3.05) is 19.6 Å². The minimum Gasteiger partial charge on any atom is -0.391 e. The van der Waals surface area contributed by atoms with E-state index in [2.05, 4.69) is 42.8 Å². The Morgan fingerprint density at radius 3 is 2.67 bits per heavy atom. The molecule has 2 heterocycles.